The molecular formula is C45H78O5. The molecule has 288 valence electrons. The molecule has 0 aromatic heterocycles. The van der Waals surface area contributed by atoms with Crippen LogP contribution >= 0.6 is 0 Å². The second-order valence-corrected chi connectivity index (χ2v) is 13.7. The Bertz CT molecular complexity index is 884. The smallest absolute Gasteiger partial charge is 0.306 e. The first-order valence-electron chi connectivity index (χ1n) is 20.8. The molecule has 0 rings (SSSR count). The Morgan fingerprint density at radius 1 is 0.480 bits per heavy atom. The summed E-state index contributed by atoms with van der Waals surface area (Å²) < 4.78 is 10.6. The van der Waals surface area contributed by atoms with Gasteiger partial charge in [-0.15, -0.1) is 0 Å². The molecule has 0 spiro atoms. The number of esters is 2. The third kappa shape index (κ3) is 38.4. The molecule has 1 N–H and O–H groups in total. The van der Waals surface area contributed by atoms with Crippen molar-refractivity contribution >= 4 is 11.9 Å². The third-order valence-corrected chi connectivity index (χ3v) is 8.83. The van der Waals surface area contributed by atoms with Crippen LogP contribution in [-0.2, 0) is 19.1 Å². The van der Waals surface area contributed by atoms with Crippen molar-refractivity contribution < 1.29 is 24.2 Å². The van der Waals surface area contributed by atoms with Crippen molar-refractivity contribution in [3.05, 3.63) is 60.8 Å². The van der Waals surface area contributed by atoms with E-state index in [4.69, 9.17) is 9.47 Å². The molecule has 50 heavy (non-hydrogen) atoms. The molecule has 0 saturated heterocycles. The monoisotopic (exact) mass is 699 g/mol. The van der Waals surface area contributed by atoms with Crippen molar-refractivity contribution in [2.45, 2.75) is 200 Å². The maximum Gasteiger partial charge on any atom is 0.306 e. The van der Waals surface area contributed by atoms with Crippen molar-refractivity contribution in [1.29, 1.82) is 0 Å². The quantitative estimate of drug-likeness (QED) is 0.0397. The summed E-state index contributed by atoms with van der Waals surface area (Å²) in [6.07, 6.45) is 52.9. The summed E-state index contributed by atoms with van der Waals surface area (Å²) in [5.74, 6) is -0.656. The number of allylic oxidation sites excluding steroid dienone is 10. The molecule has 0 radical (unpaired) electrons. The van der Waals surface area contributed by atoms with Crippen molar-refractivity contribution in [2.24, 2.45) is 0 Å². The highest BCUT2D eigenvalue weighted by atomic mass is 16.6. The topological polar surface area (TPSA) is 72.8 Å². The number of rotatable bonds is 37. The minimum absolute atomic E-state index is 0.0883. The number of carbonyl (C=O) groups excluding carboxylic acids is 2. The Morgan fingerprint density at radius 3 is 1.28 bits per heavy atom. The highest BCUT2D eigenvalue weighted by Gasteiger charge is 2.16. The number of carbonyl (C=O) groups is 2. The Morgan fingerprint density at radius 2 is 0.860 bits per heavy atom. The molecule has 0 amide bonds. The van der Waals surface area contributed by atoms with Crippen LogP contribution in [0.5, 0.6) is 0 Å². The molecule has 0 aliphatic carbocycles. The van der Waals surface area contributed by atoms with E-state index in [9.17, 15) is 14.7 Å². The average Bonchev–Trinajstić information content (AvgIpc) is 3.12. The molecule has 0 aromatic rings. The number of aliphatic hydroxyl groups excluding tert-OH is 1. The minimum Gasteiger partial charge on any atom is -0.462 e. The maximum atomic E-state index is 12.2. The second kappa shape index (κ2) is 41.0. The van der Waals surface area contributed by atoms with Crippen LogP contribution in [0, 0.1) is 0 Å². The van der Waals surface area contributed by atoms with Crippen molar-refractivity contribution in [1.82, 2.24) is 0 Å². The van der Waals surface area contributed by atoms with Gasteiger partial charge in [0.2, 0.25) is 0 Å². The van der Waals surface area contributed by atoms with Gasteiger partial charge in [0.05, 0.1) is 6.61 Å². The van der Waals surface area contributed by atoms with E-state index in [0.29, 0.717) is 12.8 Å². The van der Waals surface area contributed by atoms with Gasteiger partial charge < -0.3 is 14.6 Å². The minimum atomic E-state index is -0.801. The molecule has 5 nitrogen and oxygen atoms in total. The van der Waals surface area contributed by atoms with Crippen molar-refractivity contribution in [3.8, 4) is 0 Å². The van der Waals surface area contributed by atoms with Gasteiger partial charge in [0, 0.05) is 12.8 Å². The van der Waals surface area contributed by atoms with Crippen molar-refractivity contribution in [3.63, 3.8) is 0 Å². The van der Waals surface area contributed by atoms with Gasteiger partial charge >= 0.3 is 11.9 Å². The molecule has 0 aliphatic rings. The molecule has 1 atom stereocenters. The highest BCUT2D eigenvalue weighted by Crippen LogP contribution is 2.15. The predicted molar refractivity (Wildman–Crippen MR) is 214 cm³/mol. The second-order valence-electron chi connectivity index (χ2n) is 13.7. The molecule has 0 aromatic carbocycles. The van der Waals surface area contributed by atoms with E-state index in [1.54, 1.807) is 0 Å². The van der Waals surface area contributed by atoms with E-state index < -0.39 is 6.10 Å². The number of unbranched alkanes of at least 4 members (excludes halogenated alkanes) is 19. The fourth-order valence-electron chi connectivity index (χ4n) is 5.71. The van der Waals surface area contributed by atoms with Crippen LogP contribution in [0.3, 0.4) is 0 Å². The van der Waals surface area contributed by atoms with Crippen molar-refractivity contribution in [2.75, 3.05) is 13.2 Å². The van der Waals surface area contributed by atoms with Crippen LogP contribution in [0.15, 0.2) is 60.8 Å². The van der Waals surface area contributed by atoms with E-state index in [1.807, 2.05) is 0 Å². The number of ether oxygens (including phenoxy) is 2. The summed E-state index contributed by atoms with van der Waals surface area (Å²) in [5, 5.41) is 9.56. The fraction of sp³-hybridized carbons (Fsp3) is 0.733. The molecule has 0 heterocycles. The van der Waals surface area contributed by atoms with Crippen LogP contribution in [0.4, 0.5) is 0 Å². The first kappa shape index (κ1) is 47.6. The van der Waals surface area contributed by atoms with Crippen LogP contribution in [0.25, 0.3) is 0 Å². The summed E-state index contributed by atoms with van der Waals surface area (Å²) >= 11 is 0. The van der Waals surface area contributed by atoms with E-state index in [0.717, 1.165) is 57.8 Å². The van der Waals surface area contributed by atoms with E-state index >= 15 is 0 Å². The van der Waals surface area contributed by atoms with Crippen LogP contribution in [0.1, 0.15) is 194 Å². The molecule has 0 unspecified atom stereocenters. The number of hydrogen-bond donors (Lipinski definition) is 1. The summed E-state index contributed by atoms with van der Waals surface area (Å²) in [4.78, 5) is 24.3. The lowest BCUT2D eigenvalue weighted by Gasteiger charge is -2.15. The van der Waals surface area contributed by atoms with Crippen LogP contribution in [-0.4, -0.2) is 36.4 Å². The standard InChI is InChI=1S/C45H78O5/c1-3-5-7-9-11-13-15-17-19-21-22-24-25-27-29-31-33-35-37-39-44(47)49-42-43(41-46)50-45(48)40-38-36-34-32-30-28-26-23-20-18-16-14-12-10-8-6-4-2/h6,8,12,14,18,20,26,28,32,34,43,46H,3-5,7,9-11,13,15-17,19,21-25,27,29-31,33,35-42H2,1-2H3/b8-6-,14-12-,20-18-,28-26-,34-32-/t43-/m0/s1. The van der Waals surface area contributed by atoms with E-state index in [1.165, 1.54) is 103 Å². The molecule has 0 saturated carbocycles. The summed E-state index contributed by atoms with van der Waals surface area (Å²) in [6.45, 7) is 3.98. The Labute approximate surface area is 309 Å². The fourth-order valence-corrected chi connectivity index (χ4v) is 5.71. The van der Waals surface area contributed by atoms with E-state index in [-0.39, 0.29) is 31.6 Å². The summed E-state index contributed by atoms with van der Waals surface area (Å²) in [5.41, 5.74) is 0. The largest absolute Gasteiger partial charge is 0.462 e. The summed E-state index contributed by atoms with van der Waals surface area (Å²) in [6, 6.07) is 0. The van der Waals surface area contributed by atoms with Gasteiger partial charge in [-0.25, -0.2) is 0 Å². The zero-order valence-corrected chi connectivity index (χ0v) is 32.6. The first-order chi connectivity index (χ1) is 24.6. The SMILES string of the molecule is CC/C=C\C/C=C\C/C=C\C/C=C\C/C=C\CCCC(=O)O[C@@H](CO)COC(=O)CCCCCCCCCCCCCCCCCCCCC. The lowest BCUT2D eigenvalue weighted by Crippen LogP contribution is -2.28. The molecule has 0 bridgehead atoms. The average molecular weight is 699 g/mol. The van der Waals surface area contributed by atoms with E-state index in [2.05, 4.69) is 74.6 Å². The molecule has 5 heteroatoms. The zero-order valence-electron chi connectivity index (χ0n) is 32.6. The highest BCUT2D eigenvalue weighted by molar-refractivity contribution is 5.70. The first-order valence-corrected chi connectivity index (χ1v) is 20.8. The molecule has 0 fully saturated rings. The lowest BCUT2D eigenvalue weighted by molar-refractivity contribution is -0.161. The van der Waals surface area contributed by atoms with Gasteiger partial charge in [-0.3, -0.25) is 9.59 Å². The van der Waals surface area contributed by atoms with Gasteiger partial charge in [-0.05, 0) is 51.4 Å². The Kier molecular flexibility index (Phi) is 39.1. The normalized spacial score (nSPS) is 12.8. The van der Waals surface area contributed by atoms with Gasteiger partial charge in [-0.1, -0.05) is 190 Å². The van der Waals surface area contributed by atoms with Gasteiger partial charge in [0.15, 0.2) is 6.10 Å². The third-order valence-electron chi connectivity index (χ3n) is 8.83. The van der Waals surface area contributed by atoms with Gasteiger partial charge in [0.1, 0.15) is 6.61 Å². The van der Waals surface area contributed by atoms with Crippen LogP contribution < -0.4 is 0 Å². The lowest BCUT2D eigenvalue weighted by atomic mass is 10.0. The number of aliphatic hydroxyl groups is 1. The Hall–Kier alpha value is -2.40. The zero-order chi connectivity index (χ0) is 36.4. The van der Waals surface area contributed by atoms with Gasteiger partial charge in [-0.2, -0.15) is 0 Å². The van der Waals surface area contributed by atoms with Crippen LogP contribution in [0.2, 0.25) is 0 Å². The maximum absolute atomic E-state index is 12.2. The predicted octanol–water partition coefficient (Wildman–Crippen LogP) is 13.2. The summed E-state index contributed by atoms with van der Waals surface area (Å²) in [7, 11) is 0. The molecular weight excluding hydrogens is 620 g/mol. The number of hydrogen-bond acceptors (Lipinski definition) is 5. The Balaban J connectivity index is 3.61. The molecule has 0 aliphatic heterocycles. The van der Waals surface area contributed by atoms with Gasteiger partial charge in [0.25, 0.3) is 0 Å².